The molecular weight excluding hydrogens is 402 g/mol. The number of carbonyl (C=O) groups is 1. The fourth-order valence-corrected chi connectivity index (χ4v) is 5.80. The van der Waals surface area contributed by atoms with Gasteiger partial charge in [-0.25, -0.2) is 4.79 Å². The first-order valence-corrected chi connectivity index (χ1v) is 12.8. The molecular formula is C26H39N3O3. The Balaban J connectivity index is 1.12. The topological polar surface area (TPSA) is 45.2 Å². The van der Waals surface area contributed by atoms with Crippen LogP contribution in [0.25, 0.3) is 0 Å². The number of piperidine rings is 1. The van der Waals surface area contributed by atoms with Crippen molar-refractivity contribution in [3.8, 4) is 5.75 Å². The van der Waals surface area contributed by atoms with Crippen LogP contribution >= 0.6 is 0 Å². The molecule has 0 unspecified atom stereocenters. The highest BCUT2D eigenvalue weighted by atomic mass is 16.5. The summed E-state index contributed by atoms with van der Waals surface area (Å²) in [5.74, 6) is 1.00. The van der Waals surface area contributed by atoms with Gasteiger partial charge >= 0.3 is 6.03 Å². The van der Waals surface area contributed by atoms with Crippen molar-refractivity contribution in [1.82, 2.24) is 14.7 Å². The van der Waals surface area contributed by atoms with Gasteiger partial charge in [-0.3, -0.25) is 4.90 Å². The number of carbonyl (C=O) groups excluding carboxylic acids is 1. The van der Waals surface area contributed by atoms with Gasteiger partial charge in [0.2, 0.25) is 0 Å². The lowest BCUT2D eigenvalue weighted by Crippen LogP contribution is -2.54. The Labute approximate surface area is 192 Å². The number of hydrogen-bond acceptors (Lipinski definition) is 4. The summed E-state index contributed by atoms with van der Waals surface area (Å²) in [6.07, 6.45) is 8.66. The Hall–Kier alpha value is -1.79. The van der Waals surface area contributed by atoms with Crippen molar-refractivity contribution in [2.75, 3.05) is 39.3 Å². The van der Waals surface area contributed by atoms with Crippen LogP contribution < -0.4 is 4.74 Å². The molecule has 176 valence electrons. The number of hydrogen-bond donors (Lipinski definition) is 0. The maximum absolute atomic E-state index is 13.0. The van der Waals surface area contributed by atoms with E-state index in [-0.39, 0.29) is 24.3 Å². The monoisotopic (exact) mass is 441 g/mol. The number of likely N-dealkylation sites (tertiary alicyclic amines) is 1. The van der Waals surface area contributed by atoms with Crippen LogP contribution in [0.2, 0.25) is 0 Å². The zero-order valence-corrected chi connectivity index (χ0v) is 19.8. The maximum atomic E-state index is 13.0. The Morgan fingerprint density at radius 1 is 0.906 bits per heavy atom. The lowest BCUT2D eigenvalue weighted by Gasteiger charge is -2.40. The van der Waals surface area contributed by atoms with Crippen molar-refractivity contribution in [2.24, 2.45) is 0 Å². The summed E-state index contributed by atoms with van der Waals surface area (Å²) in [6, 6.07) is 7.72. The number of morpholine rings is 1. The van der Waals surface area contributed by atoms with Crippen molar-refractivity contribution in [3.05, 3.63) is 29.3 Å². The van der Waals surface area contributed by atoms with E-state index in [4.69, 9.17) is 9.47 Å². The van der Waals surface area contributed by atoms with Gasteiger partial charge in [-0.05, 0) is 62.8 Å². The molecule has 0 spiro atoms. The van der Waals surface area contributed by atoms with E-state index >= 15 is 0 Å². The second-order valence-corrected chi connectivity index (χ2v) is 10.3. The molecule has 1 aromatic carbocycles. The molecule has 6 nitrogen and oxygen atoms in total. The summed E-state index contributed by atoms with van der Waals surface area (Å²) in [4.78, 5) is 19.6. The highest BCUT2D eigenvalue weighted by Gasteiger charge is 2.32. The van der Waals surface area contributed by atoms with E-state index in [0.29, 0.717) is 13.1 Å². The first-order chi connectivity index (χ1) is 15.5. The van der Waals surface area contributed by atoms with Crippen molar-refractivity contribution in [1.29, 1.82) is 0 Å². The van der Waals surface area contributed by atoms with E-state index in [1.807, 2.05) is 23.6 Å². The molecule has 3 heterocycles. The summed E-state index contributed by atoms with van der Waals surface area (Å²) in [6.45, 7) is 9.38. The normalized spacial score (nSPS) is 28.1. The molecule has 6 heteroatoms. The summed E-state index contributed by atoms with van der Waals surface area (Å²) < 4.78 is 12.2. The van der Waals surface area contributed by atoms with Crippen LogP contribution in [-0.4, -0.2) is 84.4 Å². The van der Waals surface area contributed by atoms with Gasteiger partial charge in [0.15, 0.2) is 0 Å². The molecule has 1 aliphatic carbocycles. The molecule has 2 atom stereocenters. The minimum atomic E-state index is 0.109. The van der Waals surface area contributed by atoms with Crippen molar-refractivity contribution >= 4 is 6.03 Å². The molecule has 0 N–H and O–H groups in total. The predicted octanol–water partition coefficient (Wildman–Crippen LogP) is 3.71. The molecule has 2 saturated heterocycles. The highest BCUT2D eigenvalue weighted by Crippen LogP contribution is 2.29. The third-order valence-electron chi connectivity index (χ3n) is 7.81. The largest absolute Gasteiger partial charge is 0.490 e. The van der Waals surface area contributed by atoms with Gasteiger partial charge in [0, 0.05) is 58.2 Å². The van der Waals surface area contributed by atoms with Crippen molar-refractivity contribution in [3.63, 3.8) is 0 Å². The van der Waals surface area contributed by atoms with Crippen LogP contribution in [0.5, 0.6) is 5.75 Å². The number of benzene rings is 1. The lowest BCUT2D eigenvalue weighted by molar-refractivity contribution is -0.0593. The number of ether oxygens (including phenoxy) is 2. The molecule has 32 heavy (non-hydrogen) atoms. The number of rotatable bonds is 3. The minimum absolute atomic E-state index is 0.109. The van der Waals surface area contributed by atoms with Gasteiger partial charge in [0.25, 0.3) is 0 Å². The number of nitrogens with zero attached hydrogens (tertiary/aromatic N) is 3. The third-order valence-corrected chi connectivity index (χ3v) is 7.81. The van der Waals surface area contributed by atoms with E-state index < -0.39 is 0 Å². The molecule has 5 rings (SSSR count). The first-order valence-electron chi connectivity index (χ1n) is 12.8. The summed E-state index contributed by atoms with van der Waals surface area (Å²) in [5.41, 5.74) is 2.96. The van der Waals surface area contributed by atoms with Gasteiger partial charge in [-0.2, -0.15) is 0 Å². The van der Waals surface area contributed by atoms with E-state index in [1.165, 1.54) is 43.5 Å². The minimum Gasteiger partial charge on any atom is -0.490 e. The van der Waals surface area contributed by atoms with E-state index in [0.717, 1.165) is 50.6 Å². The van der Waals surface area contributed by atoms with E-state index in [1.54, 1.807) is 0 Å². The predicted molar refractivity (Wildman–Crippen MR) is 125 cm³/mol. The number of fused-ring (bicyclic) bond motifs is 1. The van der Waals surface area contributed by atoms with Gasteiger partial charge < -0.3 is 19.3 Å². The SMILES string of the molecule is C[C@H]1CN(C(=O)N2CCC(Oc3ccc4c(c3)CCN(C3CCC3)CC4)CC2)C[C@H](C)O1. The summed E-state index contributed by atoms with van der Waals surface area (Å²) >= 11 is 0. The zero-order valence-electron chi connectivity index (χ0n) is 19.8. The number of amides is 2. The van der Waals surface area contributed by atoms with Crippen LogP contribution in [0.4, 0.5) is 4.79 Å². The average Bonchev–Trinajstić information content (AvgIpc) is 2.94. The zero-order chi connectivity index (χ0) is 22.1. The third kappa shape index (κ3) is 4.91. The summed E-state index contributed by atoms with van der Waals surface area (Å²) in [7, 11) is 0. The number of urea groups is 1. The molecule has 0 bridgehead atoms. The molecule has 3 aliphatic heterocycles. The quantitative estimate of drug-likeness (QED) is 0.717. The van der Waals surface area contributed by atoms with Crippen molar-refractivity contribution < 1.29 is 14.3 Å². The van der Waals surface area contributed by atoms with Gasteiger partial charge in [-0.1, -0.05) is 12.5 Å². The standard InChI is InChI=1S/C26H39N3O3/c1-19-17-29(18-20(2)31-19)26(30)28-14-10-24(11-15-28)32-25-7-6-21-8-12-27(23-4-3-5-23)13-9-22(21)16-25/h6-7,16,19-20,23-24H,3-5,8-15,17-18H2,1-2H3/t19-,20-/m0/s1. The summed E-state index contributed by atoms with van der Waals surface area (Å²) in [5, 5.41) is 0. The fraction of sp³-hybridized carbons (Fsp3) is 0.731. The molecule has 3 fully saturated rings. The van der Waals surface area contributed by atoms with E-state index in [9.17, 15) is 4.79 Å². The molecule has 0 radical (unpaired) electrons. The van der Waals surface area contributed by atoms with Crippen LogP contribution in [0.15, 0.2) is 18.2 Å². The molecule has 1 saturated carbocycles. The first kappa shape index (κ1) is 22.0. The Morgan fingerprint density at radius 2 is 1.59 bits per heavy atom. The van der Waals surface area contributed by atoms with E-state index in [2.05, 4.69) is 23.1 Å². The van der Waals surface area contributed by atoms with Crippen LogP contribution in [0.1, 0.15) is 57.1 Å². The van der Waals surface area contributed by atoms with Gasteiger partial charge in [-0.15, -0.1) is 0 Å². The Morgan fingerprint density at radius 3 is 2.25 bits per heavy atom. The Kier molecular flexibility index (Phi) is 6.61. The fourth-order valence-electron chi connectivity index (χ4n) is 5.80. The molecule has 1 aromatic rings. The van der Waals surface area contributed by atoms with Gasteiger partial charge in [0.1, 0.15) is 11.9 Å². The smallest absolute Gasteiger partial charge is 0.320 e. The van der Waals surface area contributed by atoms with Crippen molar-refractivity contribution in [2.45, 2.75) is 83.1 Å². The second kappa shape index (κ2) is 9.60. The average molecular weight is 442 g/mol. The molecule has 4 aliphatic rings. The van der Waals surface area contributed by atoms with Crippen LogP contribution in [0.3, 0.4) is 0 Å². The van der Waals surface area contributed by atoms with Crippen LogP contribution in [-0.2, 0) is 17.6 Å². The second-order valence-electron chi connectivity index (χ2n) is 10.3. The Bertz CT molecular complexity index is 794. The highest BCUT2D eigenvalue weighted by molar-refractivity contribution is 5.74. The van der Waals surface area contributed by atoms with Gasteiger partial charge in [0.05, 0.1) is 12.2 Å². The van der Waals surface area contributed by atoms with Crippen LogP contribution in [0, 0.1) is 0 Å². The molecule has 0 aromatic heterocycles. The molecule has 2 amide bonds. The maximum Gasteiger partial charge on any atom is 0.320 e. The lowest BCUT2D eigenvalue weighted by atomic mass is 9.91.